The Balaban J connectivity index is 1.69. The molecule has 0 amide bonds. The number of aryl methyl sites for hydroxylation is 1. The topological polar surface area (TPSA) is 56.8 Å². The lowest BCUT2D eigenvalue weighted by Gasteiger charge is -2.32. The molecule has 3 rings (SSSR count). The van der Waals surface area contributed by atoms with Crippen molar-refractivity contribution in [3.8, 4) is 0 Å². The fourth-order valence-electron chi connectivity index (χ4n) is 3.07. The zero-order valence-electron chi connectivity index (χ0n) is 12.8. The summed E-state index contributed by atoms with van der Waals surface area (Å²) in [6.45, 7) is 5.29. The molecule has 0 aliphatic carbocycles. The van der Waals surface area contributed by atoms with Crippen LogP contribution in [0.1, 0.15) is 35.7 Å². The molecule has 21 heavy (non-hydrogen) atoms. The first kappa shape index (κ1) is 14.1. The van der Waals surface area contributed by atoms with Crippen molar-refractivity contribution in [3.63, 3.8) is 0 Å². The lowest BCUT2D eigenvalue weighted by Crippen LogP contribution is -2.34. The molecule has 112 valence electrons. The van der Waals surface area contributed by atoms with E-state index in [-0.39, 0.29) is 0 Å². The monoisotopic (exact) mass is 285 g/mol. The molecule has 1 saturated heterocycles. The molecule has 1 atom stereocenters. The van der Waals surface area contributed by atoms with E-state index >= 15 is 0 Å². The Kier molecular flexibility index (Phi) is 4.20. The third kappa shape index (κ3) is 3.24. The first-order chi connectivity index (χ1) is 10.3. The van der Waals surface area contributed by atoms with Gasteiger partial charge in [0.05, 0.1) is 12.0 Å². The Labute approximate surface area is 125 Å². The van der Waals surface area contributed by atoms with E-state index in [1.165, 1.54) is 29.8 Å². The van der Waals surface area contributed by atoms with Gasteiger partial charge in [0.25, 0.3) is 0 Å². The lowest BCUT2D eigenvalue weighted by molar-refractivity contribution is 0.198. The van der Waals surface area contributed by atoms with Gasteiger partial charge in [-0.05, 0) is 49.9 Å². The van der Waals surface area contributed by atoms with Crippen LogP contribution in [0.25, 0.3) is 0 Å². The van der Waals surface area contributed by atoms with Gasteiger partial charge in [0.2, 0.25) is 0 Å². The summed E-state index contributed by atoms with van der Waals surface area (Å²) in [6.07, 6.45) is 6.18. The minimum Gasteiger partial charge on any atom is -0.373 e. The molecule has 0 bridgehead atoms. The molecule has 0 unspecified atom stereocenters. The fourth-order valence-corrected chi connectivity index (χ4v) is 3.07. The van der Waals surface area contributed by atoms with Crippen LogP contribution in [-0.4, -0.2) is 40.0 Å². The van der Waals surface area contributed by atoms with E-state index in [4.69, 9.17) is 0 Å². The normalized spacial score (nSPS) is 19.6. The molecule has 1 fully saturated rings. The quantitative estimate of drug-likeness (QED) is 0.906. The number of piperidine rings is 1. The maximum Gasteiger partial charge on any atom is 0.125 e. The highest BCUT2D eigenvalue weighted by atomic mass is 15.1. The molecule has 5 nitrogen and oxygen atoms in total. The van der Waals surface area contributed by atoms with E-state index in [9.17, 15) is 0 Å². The summed E-state index contributed by atoms with van der Waals surface area (Å²) in [4.78, 5) is 14.4. The number of aromatic amines is 1. The molecule has 0 aromatic carbocycles. The van der Waals surface area contributed by atoms with Gasteiger partial charge in [-0.15, -0.1) is 0 Å². The average Bonchev–Trinajstić information content (AvgIpc) is 2.93. The van der Waals surface area contributed by atoms with Crippen LogP contribution in [0.4, 0.5) is 5.82 Å². The number of pyridine rings is 1. The van der Waals surface area contributed by atoms with E-state index in [1.807, 2.05) is 13.2 Å². The van der Waals surface area contributed by atoms with Gasteiger partial charge in [-0.3, -0.25) is 4.90 Å². The van der Waals surface area contributed by atoms with Crippen LogP contribution in [0.15, 0.2) is 24.7 Å². The molecular weight excluding hydrogens is 262 g/mol. The van der Waals surface area contributed by atoms with Gasteiger partial charge < -0.3 is 10.3 Å². The van der Waals surface area contributed by atoms with Crippen molar-refractivity contribution in [2.24, 2.45) is 0 Å². The highest BCUT2D eigenvalue weighted by Crippen LogP contribution is 2.28. The SMILES string of the molecule is CNc1cc([C@H]2CCCN(Cc3nc[nH]c3C)C2)ccn1. The Morgan fingerprint density at radius 3 is 3.10 bits per heavy atom. The number of nitrogens with one attached hydrogen (secondary N) is 2. The van der Waals surface area contributed by atoms with E-state index in [0.717, 1.165) is 25.5 Å². The number of imidazole rings is 1. The van der Waals surface area contributed by atoms with Gasteiger partial charge >= 0.3 is 0 Å². The second-order valence-electron chi connectivity index (χ2n) is 5.77. The van der Waals surface area contributed by atoms with E-state index < -0.39 is 0 Å². The van der Waals surface area contributed by atoms with Gasteiger partial charge in [0, 0.05) is 32.0 Å². The molecule has 2 N–H and O–H groups in total. The van der Waals surface area contributed by atoms with E-state index in [2.05, 4.69) is 44.2 Å². The number of nitrogens with zero attached hydrogens (tertiary/aromatic N) is 3. The van der Waals surface area contributed by atoms with E-state index in [0.29, 0.717) is 5.92 Å². The van der Waals surface area contributed by atoms with Crippen molar-refractivity contribution in [3.05, 3.63) is 41.6 Å². The van der Waals surface area contributed by atoms with Crippen molar-refractivity contribution >= 4 is 5.82 Å². The summed E-state index contributed by atoms with van der Waals surface area (Å²) in [5.74, 6) is 1.54. The molecule has 1 aliphatic rings. The van der Waals surface area contributed by atoms with E-state index in [1.54, 1.807) is 6.33 Å². The number of H-pyrrole nitrogens is 1. The van der Waals surface area contributed by atoms with Crippen LogP contribution >= 0.6 is 0 Å². The van der Waals surface area contributed by atoms with Crippen LogP contribution in [0, 0.1) is 6.92 Å². The van der Waals surface area contributed by atoms with Crippen LogP contribution in [0.3, 0.4) is 0 Å². The fraction of sp³-hybridized carbons (Fsp3) is 0.500. The van der Waals surface area contributed by atoms with Gasteiger partial charge in [-0.2, -0.15) is 0 Å². The van der Waals surface area contributed by atoms with Gasteiger partial charge in [-0.25, -0.2) is 9.97 Å². The summed E-state index contributed by atoms with van der Waals surface area (Å²) >= 11 is 0. The molecule has 2 aromatic heterocycles. The second-order valence-corrected chi connectivity index (χ2v) is 5.77. The highest BCUT2D eigenvalue weighted by Gasteiger charge is 2.22. The first-order valence-corrected chi connectivity index (χ1v) is 7.61. The number of hydrogen-bond acceptors (Lipinski definition) is 4. The molecule has 0 spiro atoms. The Morgan fingerprint density at radius 1 is 1.43 bits per heavy atom. The lowest BCUT2D eigenvalue weighted by atomic mass is 9.91. The Morgan fingerprint density at radius 2 is 2.33 bits per heavy atom. The first-order valence-electron chi connectivity index (χ1n) is 7.61. The average molecular weight is 285 g/mol. The summed E-state index contributed by atoms with van der Waals surface area (Å²) < 4.78 is 0. The third-order valence-electron chi connectivity index (χ3n) is 4.32. The van der Waals surface area contributed by atoms with Crippen molar-refractivity contribution in [1.82, 2.24) is 19.9 Å². The highest BCUT2D eigenvalue weighted by molar-refractivity contribution is 5.38. The van der Waals surface area contributed by atoms with Crippen molar-refractivity contribution in [2.45, 2.75) is 32.2 Å². The largest absolute Gasteiger partial charge is 0.373 e. The predicted octanol–water partition coefficient (Wildman–Crippen LogP) is 2.53. The number of rotatable bonds is 4. The van der Waals surface area contributed by atoms with Gasteiger partial charge in [-0.1, -0.05) is 0 Å². The zero-order valence-corrected chi connectivity index (χ0v) is 12.8. The molecule has 1 aliphatic heterocycles. The predicted molar refractivity (Wildman–Crippen MR) is 84.4 cm³/mol. The molecule has 5 heteroatoms. The van der Waals surface area contributed by atoms with Crippen LogP contribution in [0.5, 0.6) is 0 Å². The number of aromatic nitrogens is 3. The van der Waals surface area contributed by atoms with Crippen molar-refractivity contribution in [1.29, 1.82) is 0 Å². The summed E-state index contributed by atoms with van der Waals surface area (Å²) in [7, 11) is 1.92. The van der Waals surface area contributed by atoms with Crippen molar-refractivity contribution < 1.29 is 0 Å². The van der Waals surface area contributed by atoms with Gasteiger partial charge in [0.1, 0.15) is 5.82 Å². The third-order valence-corrected chi connectivity index (χ3v) is 4.32. The van der Waals surface area contributed by atoms with Crippen LogP contribution < -0.4 is 5.32 Å². The van der Waals surface area contributed by atoms with Crippen molar-refractivity contribution in [2.75, 3.05) is 25.5 Å². The smallest absolute Gasteiger partial charge is 0.125 e. The number of hydrogen-bond donors (Lipinski definition) is 2. The molecule has 0 radical (unpaired) electrons. The van der Waals surface area contributed by atoms with Crippen LogP contribution in [0.2, 0.25) is 0 Å². The molecule has 3 heterocycles. The minimum absolute atomic E-state index is 0.591. The molecule has 2 aromatic rings. The van der Waals surface area contributed by atoms with Gasteiger partial charge in [0.15, 0.2) is 0 Å². The Hall–Kier alpha value is -1.88. The van der Waals surface area contributed by atoms with Crippen LogP contribution in [-0.2, 0) is 6.54 Å². The number of likely N-dealkylation sites (tertiary alicyclic amines) is 1. The minimum atomic E-state index is 0.591. The maximum atomic E-state index is 4.42. The Bertz CT molecular complexity index is 592. The molecular formula is C16H23N5. The summed E-state index contributed by atoms with van der Waals surface area (Å²) in [5.41, 5.74) is 3.73. The standard InChI is InChI=1S/C16H23N5/c1-12-15(20-11-19-12)10-21-7-3-4-14(9-21)13-5-6-18-16(8-13)17-2/h5-6,8,11,14H,3-4,7,9-10H2,1-2H3,(H,17,18)(H,19,20)/t14-/m0/s1. The molecule has 0 saturated carbocycles. The summed E-state index contributed by atoms with van der Waals surface area (Å²) in [5, 5.41) is 3.12. The second kappa shape index (κ2) is 6.26. The zero-order chi connectivity index (χ0) is 14.7. The summed E-state index contributed by atoms with van der Waals surface area (Å²) in [6, 6.07) is 4.32. The number of anilines is 1. The maximum absolute atomic E-state index is 4.42.